The third-order valence-electron chi connectivity index (χ3n) is 3.29. The molecule has 0 spiro atoms. The van der Waals surface area contributed by atoms with Crippen LogP contribution >= 0.6 is 0 Å². The molecule has 3 heteroatoms. The molecule has 2 rings (SSSR count). The smallest absolute Gasteiger partial charge is 0.306 e. The lowest BCUT2D eigenvalue weighted by atomic mass is 9.88. The summed E-state index contributed by atoms with van der Waals surface area (Å²) >= 11 is 0. The van der Waals surface area contributed by atoms with Crippen molar-refractivity contribution >= 4 is 16.9 Å². The molecule has 0 saturated heterocycles. The van der Waals surface area contributed by atoms with Crippen LogP contribution in [0.25, 0.3) is 10.9 Å². The van der Waals surface area contributed by atoms with Crippen molar-refractivity contribution in [1.29, 1.82) is 0 Å². The molecular weight excluding hydrogens is 214 g/mol. The van der Waals surface area contributed by atoms with E-state index in [2.05, 4.69) is 4.98 Å². The first-order valence-corrected chi connectivity index (χ1v) is 5.67. The van der Waals surface area contributed by atoms with Crippen molar-refractivity contribution in [1.82, 2.24) is 4.98 Å². The van der Waals surface area contributed by atoms with Crippen molar-refractivity contribution in [2.45, 2.75) is 19.8 Å². The maximum atomic E-state index is 11.0. The molecule has 0 aliphatic carbocycles. The monoisotopic (exact) mass is 229 g/mol. The fourth-order valence-electron chi connectivity index (χ4n) is 1.88. The summed E-state index contributed by atoms with van der Waals surface area (Å²) in [5.41, 5.74) is 1.98. The predicted molar refractivity (Wildman–Crippen MR) is 67.0 cm³/mol. The molecule has 0 bridgehead atoms. The van der Waals surface area contributed by atoms with Gasteiger partial charge in [-0.15, -0.1) is 0 Å². The Labute approximate surface area is 100 Å². The molecule has 1 heterocycles. The minimum absolute atomic E-state index is 0.00268. The maximum absolute atomic E-state index is 11.0. The number of hydrogen-bond donors (Lipinski definition) is 1. The minimum Gasteiger partial charge on any atom is -0.481 e. The molecule has 0 aliphatic heterocycles. The van der Waals surface area contributed by atoms with E-state index in [0.717, 1.165) is 16.5 Å². The molecule has 0 amide bonds. The minimum atomic E-state index is -0.760. The number of benzene rings is 1. The maximum Gasteiger partial charge on any atom is 0.306 e. The lowest BCUT2D eigenvalue weighted by molar-refractivity contribution is -0.141. The second-order valence-electron chi connectivity index (χ2n) is 4.37. The highest BCUT2D eigenvalue weighted by Gasteiger charge is 2.20. The zero-order chi connectivity index (χ0) is 12.4. The Bertz CT molecular complexity index is 551. The molecule has 0 aliphatic rings. The average Bonchev–Trinajstić information content (AvgIpc) is 2.36. The van der Waals surface area contributed by atoms with Crippen LogP contribution in [-0.4, -0.2) is 16.1 Å². The Morgan fingerprint density at radius 1 is 1.29 bits per heavy atom. The summed E-state index contributed by atoms with van der Waals surface area (Å²) in [6, 6.07) is 9.79. The van der Waals surface area contributed by atoms with Crippen LogP contribution in [0.2, 0.25) is 0 Å². The normalized spacial score (nSPS) is 14.5. The van der Waals surface area contributed by atoms with Gasteiger partial charge in [-0.1, -0.05) is 26.0 Å². The van der Waals surface area contributed by atoms with Gasteiger partial charge < -0.3 is 5.11 Å². The molecule has 1 N–H and O–H groups in total. The number of carbonyl (C=O) groups is 1. The second-order valence-corrected chi connectivity index (χ2v) is 4.37. The second kappa shape index (κ2) is 4.53. The van der Waals surface area contributed by atoms with Crippen LogP contribution in [0.3, 0.4) is 0 Å². The van der Waals surface area contributed by atoms with Crippen molar-refractivity contribution in [3.8, 4) is 0 Å². The van der Waals surface area contributed by atoms with Crippen LogP contribution < -0.4 is 0 Å². The summed E-state index contributed by atoms with van der Waals surface area (Å²) in [4.78, 5) is 15.2. The molecule has 0 radical (unpaired) electrons. The molecule has 0 saturated carbocycles. The van der Waals surface area contributed by atoms with E-state index in [1.165, 1.54) is 0 Å². The van der Waals surface area contributed by atoms with Gasteiger partial charge in [0.25, 0.3) is 0 Å². The molecule has 17 heavy (non-hydrogen) atoms. The van der Waals surface area contributed by atoms with E-state index in [1.807, 2.05) is 37.3 Å². The Morgan fingerprint density at radius 2 is 2.06 bits per heavy atom. The molecule has 2 atom stereocenters. The first kappa shape index (κ1) is 11.6. The SMILES string of the molecule is CC(C(=O)O)C(C)c1ccc2ncccc2c1. The third kappa shape index (κ3) is 2.28. The fourth-order valence-corrected chi connectivity index (χ4v) is 1.88. The Hall–Kier alpha value is -1.90. The topological polar surface area (TPSA) is 50.2 Å². The van der Waals surface area contributed by atoms with Crippen LogP contribution in [0, 0.1) is 5.92 Å². The zero-order valence-electron chi connectivity index (χ0n) is 9.92. The third-order valence-corrected chi connectivity index (χ3v) is 3.29. The summed E-state index contributed by atoms with van der Waals surface area (Å²) in [6.45, 7) is 3.68. The average molecular weight is 229 g/mol. The Morgan fingerprint density at radius 3 is 2.76 bits per heavy atom. The molecule has 1 aromatic carbocycles. The predicted octanol–water partition coefficient (Wildman–Crippen LogP) is 3.06. The highest BCUT2D eigenvalue weighted by atomic mass is 16.4. The highest BCUT2D eigenvalue weighted by Crippen LogP contribution is 2.26. The van der Waals surface area contributed by atoms with Gasteiger partial charge >= 0.3 is 5.97 Å². The first-order valence-electron chi connectivity index (χ1n) is 5.67. The van der Waals surface area contributed by atoms with Crippen molar-refractivity contribution in [3.05, 3.63) is 42.1 Å². The van der Waals surface area contributed by atoms with Gasteiger partial charge in [0.1, 0.15) is 0 Å². The first-order chi connectivity index (χ1) is 8.09. The van der Waals surface area contributed by atoms with Crippen molar-refractivity contribution in [2.75, 3.05) is 0 Å². The van der Waals surface area contributed by atoms with Gasteiger partial charge in [-0.25, -0.2) is 0 Å². The van der Waals surface area contributed by atoms with Crippen molar-refractivity contribution < 1.29 is 9.90 Å². The molecular formula is C14H15NO2. The number of rotatable bonds is 3. The van der Waals surface area contributed by atoms with E-state index < -0.39 is 5.97 Å². The van der Waals surface area contributed by atoms with Gasteiger partial charge in [-0.2, -0.15) is 0 Å². The van der Waals surface area contributed by atoms with Crippen molar-refractivity contribution in [2.24, 2.45) is 5.92 Å². The molecule has 0 fully saturated rings. The van der Waals surface area contributed by atoms with Gasteiger partial charge in [0.05, 0.1) is 11.4 Å². The van der Waals surface area contributed by atoms with E-state index in [4.69, 9.17) is 5.11 Å². The number of pyridine rings is 1. The molecule has 1 aromatic heterocycles. The van der Waals surface area contributed by atoms with Gasteiger partial charge in [-0.3, -0.25) is 9.78 Å². The number of fused-ring (bicyclic) bond motifs is 1. The lowest BCUT2D eigenvalue weighted by Crippen LogP contribution is -2.16. The zero-order valence-corrected chi connectivity index (χ0v) is 9.92. The quantitative estimate of drug-likeness (QED) is 0.880. The van der Waals surface area contributed by atoms with E-state index in [0.29, 0.717) is 0 Å². The molecule has 3 nitrogen and oxygen atoms in total. The Kier molecular flexibility index (Phi) is 3.09. The number of nitrogens with zero attached hydrogens (tertiary/aromatic N) is 1. The van der Waals surface area contributed by atoms with Crippen LogP contribution in [0.15, 0.2) is 36.5 Å². The van der Waals surface area contributed by atoms with Crippen LogP contribution in [0.1, 0.15) is 25.3 Å². The van der Waals surface area contributed by atoms with Crippen LogP contribution in [-0.2, 0) is 4.79 Å². The van der Waals surface area contributed by atoms with E-state index >= 15 is 0 Å². The summed E-state index contributed by atoms with van der Waals surface area (Å²) in [5, 5.41) is 10.1. The Balaban J connectivity index is 2.39. The van der Waals surface area contributed by atoms with Crippen LogP contribution in [0.5, 0.6) is 0 Å². The van der Waals surface area contributed by atoms with Crippen LogP contribution in [0.4, 0.5) is 0 Å². The number of carboxylic acid groups (broad SMARTS) is 1. The van der Waals surface area contributed by atoms with E-state index in [1.54, 1.807) is 13.1 Å². The number of aromatic nitrogens is 1. The summed E-state index contributed by atoms with van der Waals surface area (Å²) < 4.78 is 0. The summed E-state index contributed by atoms with van der Waals surface area (Å²) in [6.07, 6.45) is 1.76. The van der Waals surface area contributed by atoms with Gasteiger partial charge in [0.15, 0.2) is 0 Å². The van der Waals surface area contributed by atoms with Gasteiger partial charge in [-0.05, 0) is 29.7 Å². The number of carboxylic acids is 1. The van der Waals surface area contributed by atoms with E-state index in [-0.39, 0.29) is 11.8 Å². The molecule has 2 aromatic rings. The number of hydrogen-bond acceptors (Lipinski definition) is 2. The fraction of sp³-hybridized carbons (Fsp3) is 0.286. The largest absolute Gasteiger partial charge is 0.481 e. The van der Waals surface area contributed by atoms with Crippen molar-refractivity contribution in [3.63, 3.8) is 0 Å². The number of aliphatic carboxylic acids is 1. The lowest BCUT2D eigenvalue weighted by Gasteiger charge is -2.16. The van der Waals surface area contributed by atoms with Gasteiger partial charge in [0, 0.05) is 11.6 Å². The summed E-state index contributed by atoms with van der Waals surface area (Å²) in [5.74, 6) is -1.15. The molecule has 88 valence electrons. The van der Waals surface area contributed by atoms with E-state index in [9.17, 15) is 4.79 Å². The molecule has 2 unspecified atom stereocenters. The van der Waals surface area contributed by atoms with Gasteiger partial charge in [0.2, 0.25) is 0 Å². The standard InChI is InChI=1S/C14H15NO2/c1-9(10(2)14(16)17)11-5-6-13-12(8-11)4-3-7-15-13/h3-10H,1-2H3,(H,16,17). The highest BCUT2D eigenvalue weighted by molar-refractivity contribution is 5.79. The summed E-state index contributed by atoms with van der Waals surface area (Å²) in [7, 11) is 0.